The number of nitrogens with zero attached hydrogens (tertiary/aromatic N) is 3. The fourth-order valence-electron chi connectivity index (χ4n) is 4.00. The predicted octanol–water partition coefficient (Wildman–Crippen LogP) is 4.01. The van der Waals surface area contributed by atoms with Gasteiger partial charge in [0.15, 0.2) is 5.96 Å². The number of aliphatic imine (C=N–C) groups is 1. The van der Waals surface area contributed by atoms with E-state index in [9.17, 15) is 0 Å². The van der Waals surface area contributed by atoms with E-state index in [1.807, 2.05) is 19.2 Å². The van der Waals surface area contributed by atoms with Crippen LogP contribution in [-0.2, 0) is 0 Å². The Morgan fingerprint density at radius 3 is 2.44 bits per heavy atom. The third-order valence-corrected chi connectivity index (χ3v) is 5.95. The third kappa shape index (κ3) is 4.80. The van der Waals surface area contributed by atoms with E-state index in [-0.39, 0.29) is 24.0 Å². The number of halogens is 2. The van der Waals surface area contributed by atoms with E-state index in [1.165, 1.54) is 37.8 Å². The second-order valence-corrected chi connectivity index (χ2v) is 7.92. The highest BCUT2D eigenvalue weighted by Gasteiger charge is 2.43. The molecule has 1 aliphatic heterocycles. The van der Waals surface area contributed by atoms with Crippen LogP contribution in [0.4, 0.5) is 0 Å². The van der Waals surface area contributed by atoms with Crippen LogP contribution in [0.25, 0.3) is 0 Å². The molecule has 1 heterocycles. The molecule has 0 aromatic heterocycles. The first-order chi connectivity index (χ1) is 11.5. The zero-order valence-electron chi connectivity index (χ0n) is 15.5. The number of nitrogens with one attached hydrogen (secondary N) is 1. The summed E-state index contributed by atoms with van der Waals surface area (Å²) in [6, 6.07) is 8.43. The lowest BCUT2D eigenvalue weighted by atomic mass is 9.68. The summed E-state index contributed by atoms with van der Waals surface area (Å²) in [4.78, 5) is 9.20. The molecule has 140 valence electrons. The number of likely N-dealkylation sites (N-methyl/N-ethyl adjacent to an activating group) is 1. The van der Waals surface area contributed by atoms with Gasteiger partial charge in [0.2, 0.25) is 0 Å². The Morgan fingerprint density at radius 1 is 1.28 bits per heavy atom. The molecule has 2 fully saturated rings. The highest BCUT2D eigenvalue weighted by molar-refractivity contribution is 14.0. The molecule has 3 rings (SSSR count). The number of hydrogen-bond acceptors (Lipinski definition) is 2. The number of hydrogen-bond donors (Lipinski definition) is 1. The molecule has 1 aromatic rings. The van der Waals surface area contributed by atoms with Gasteiger partial charge in [0, 0.05) is 31.7 Å². The summed E-state index contributed by atoms with van der Waals surface area (Å²) in [7, 11) is 6.12. The van der Waals surface area contributed by atoms with Crippen LogP contribution < -0.4 is 5.32 Å². The van der Waals surface area contributed by atoms with Gasteiger partial charge in [-0.1, -0.05) is 30.2 Å². The van der Waals surface area contributed by atoms with Crippen molar-refractivity contribution in [2.45, 2.75) is 31.7 Å². The van der Waals surface area contributed by atoms with E-state index in [1.54, 1.807) is 0 Å². The Bertz CT molecular complexity index is 584. The van der Waals surface area contributed by atoms with Crippen molar-refractivity contribution in [3.63, 3.8) is 0 Å². The fourth-order valence-corrected chi connectivity index (χ4v) is 4.13. The first kappa shape index (κ1) is 20.8. The summed E-state index contributed by atoms with van der Waals surface area (Å²) < 4.78 is 0. The second kappa shape index (κ2) is 8.91. The van der Waals surface area contributed by atoms with Crippen molar-refractivity contribution in [2.24, 2.45) is 10.4 Å². The summed E-state index contributed by atoms with van der Waals surface area (Å²) in [6.45, 7) is 3.14. The monoisotopic (exact) mass is 476 g/mol. The molecule has 1 unspecified atom stereocenters. The molecule has 0 radical (unpaired) electrons. The van der Waals surface area contributed by atoms with Crippen molar-refractivity contribution < 1.29 is 0 Å². The quantitative estimate of drug-likeness (QED) is 0.405. The van der Waals surface area contributed by atoms with Crippen LogP contribution in [0.3, 0.4) is 0 Å². The number of benzene rings is 1. The zero-order valence-corrected chi connectivity index (χ0v) is 18.6. The number of guanidine groups is 1. The van der Waals surface area contributed by atoms with Gasteiger partial charge in [-0.25, -0.2) is 0 Å². The molecule has 1 saturated heterocycles. The van der Waals surface area contributed by atoms with Crippen LogP contribution in [-0.4, -0.2) is 56.5 Å². The average Bonchev–Trinajstić information content (AvgIpc) is 2.98. The average molecular weight is 477 g/mol. The Hall–Kier alpha value is -0.530. The van der Waals surface area contributed by atoms with Crippen LogP contribution in [0, 0.1) is 5.41 Å². The van der Waals surface area contributed by atoms with Crippen molar-refractivity contribution in [2.75, 3.05) is 40.8 Å². The SMILES string of the molecule is CN=C(NCC(c1ccc(Cl)cc1)N(C)C)N1CCC2(CCC2)C1.I. The fraction of sp³-hybridized carbons (Fsp3) is 0.632. The van der Waals surface area contributed by atoms with Crippen LogP contribution in [0.15, 0.2) is 29.3 Å². The van der Waals surface area contributed by atoms with Crippen molar-refractivity contribution in [3.05, 3.63) is 34.9 Å². The largest absolute Gasteiger partial charge is 0.354 e. The lowest BCUT2D eigenvalue weighted by Crippen LogP contribution is -2.45. The lowest BCUT2D eigenvalue weighted by molar-refractivity contribution is 0.151. The molecule has 1 aliphatic carbocycles. The van der Waals surface area contributed by atoms with Gasteiger partial charge < -0.3 is 15.1 Å². The van der Waals surface area contributed by atoms with E-state index < -0.39 is 0 Å². The molecule has 1 saturated carbocycles. The Morgan fingerprint density at radius 2 is 1.96 bits per heavy atom. The van der Waals surface area contributed by atoms with Gasteiger partial charge in [0.1, 0.15) is 0 Å². The molecular formula is C19H30ClIN4. The van der Waals surface area contributed by atoms with Gasteiger partial charge in [-0.2, -0.15) is 0 Å². The van der Waals surface area contributed by atoms with Crippen molar-refractivity contribution in [1.82, 2.24) is 15.1 Å². The maximum Gasteiger partial charge on any atom is 0.193 e. The minimum Gasteiger partial charge on any atom is -0.354 e. The summed E-state index contributed by atoms with van der Waals surface area (Å²) >= 11 is 6.02. The summed E-state index contributed by atoms with van der Waals surface area (Å²) in [5, 5.41) is 4.37. The zero-order chi connectivity index (χ0) is 17.2. The van der Waals surface area contributed by atoms with Gasteiger partial charge in [-0.05, 0) is 56.5 Å². The second-order valence-electron chi connectivity index (χ2n) is 7.48. The molecule has 6 heteroatoms. The van der Waals surface area contributed by atoms with E-state index in [0.29, 0.717) is 11.5 Å². The molecule has 1 spiro atoms. The molecule has 2 aliphatic rings. The highest BCUT2D eigenvalue weighted by Crippen LogP contribution is 2.47. The molecular weight excluding hydrogens is 447 g/mol. The van der Waals surface area contributed by atoms with Crippen molar-refractivity contribution in [3.8, 4) is 0 Å². The first-order valence-electron chi connectivity index (χ1n) is 8.90. The number of likely N-dealkylation sites (tertiary alicyclic amines) is 1. The summed E-state index contributed by atoms with van der Waals surface area (Å²) in [6.07, 6.45) is 5.51. The topological polar surface area (TPSA) is 30.9 Å². The summed E-state index contributed by atoms with van der Waals surface area (Å²) in [5.74, 6) is 1.04. The van der Waals surface area contributed by atoms with Gasteiger partial charge >= 0.3 is 0 Å². The molecule has 0 amide bonds. The first-order valence-corrected chi connectivity index (χ1v) is 9.28. The van der Waals surface area contributed by atoms with Crippen molar-refractivity contribution >= 4 is 41.5 Å². The molecule has 1 N–H and O–H groups in total. The molecule has 1 atom stereocenters. The molecule has 1 aromatic carbocycles. The minimum atomic E-state index is 0. The standard InChI is InChI=1S/C19H29ClN4.HI/c1-21-18(24-12-11-19(14-24)9-4-10-19)22-13-17(23(2)3)15-5-7-16(20)8-6-15;/h5-8,17H,4,9-14H2,1-3H3,(H,21,22);1H. The normalized spacial score (nSPS) is 20.4. The molecule has 0 bridgehead atoms. The molecule has 25 heavy (non-hydrogen) atoms. The van der Waals surface area contributed by atoms with E-state index >= 15 is 0 Å². The van der Waals surface area contributed by atoms with Gasteiger partial charge in [0.05, 0.1) is 6.04 Å². The maximum atomic E-state index is 6.02. The van der Waals surface area contributed by atoms with Crippen LogP contribution in [0.2, 0.25) is 5.02 Å². The van der Waals surface area contributed by atoms with E-state index in [4.69, 9.17) is 11.6 Å². The Kier molecular flexibility index (Phi) is 7.40. The Labute approximate surface area is 174 Å². The van der Waals surface area contributed by atoms with Gasteiger partial charge in [-0.15, -0.1) is 24.0 Å². The predicted molar refractivity (Wildman–Crippen MR) is 117 cm³/mol. The van der Waals surface area contributed by atoms with Crippen LogP contribution in [0.5, 0.6) is 0 Å². The third-order valence-electron chi connectivity index (χ3n) is 5.70. The maximum absolute atomic E-state index is 6.02. The lowest BCUT2D eigenvalue weighted by Gasteiger charge is -2.38. The Balaban J connectivity index is 0.00000225. The van der Waals surface area contributed by atoms with Gasteiger partial charge in [-0.3, -0.25) is 4.99 Å². The summed E-state index contributed by atoms with van der Waals surface area (Å²) in [5.41, 5.74) is 1.86. The highest BCUT2D eigenvalue weighted by atomic mass is 127. The molecule has 4 nitrogen and oxygen atoms in total. The van der Waals surface area contributed by atoms with E-state index in [0.717, 1.165) is 24.1 Å². The van der Waals surface area contributed by atoms with Crippen LogP contribution in [0.1, 0.15) is 37.3 Å². The van der Waals surface area contributed by atoms with Gasteiger partial charge in [0.25, 0.3) is 0 Å². The van der Waals surface area contributed by atoms with Crippen molar-refractivity contribution in [1.29, 1.82) is 0 Å². The van der Waals surface area contributed by atoms with Crippen LogP contribution >= 0.6 is 35.6 Å². The number of rotatable bonds is 4. The smallest absolute Gasteiger partial charge is 0.193 e. The minimum absolute atomic E-state index is 0. The van der Waals surface area contributed by atoms with E-state index in [2.05, 4.69) is 46.3 Å².